The summed E-state index contributed by atoms with van der Waals surface area (Å²) in [7, 11) is 1.65. The van der Waals surface area contributed by atoms with Crippen LogP contribution in [0.1, 0.15) is 49.2 Å². The molecule has 1 saturated carbocycles. The Kier molecular flexibility index (Phi) is 6.80. The largest absolute Gasteiger partial charge is 0.383 e. The number of halogens is 1. The summed E-state index contributed by atoms with van der Waals surface area (Å²) in [5.41, 5.74) is 0. The van der Waals surface area contributed by atoms with E-state index in [1.165, 1.54) is 0 Å². The lowest BCUT2D eigenvalue weighted by Gasteiger charge is -2.31. The molecule has 0 radical (unpaired) electrons. The second kappa shape index (κ2) is 8.61. The number of nitrogens with zero attached hydrogens (tertiary/aromatic N) is 3. The number of hydrogen-bond donors (Lipinski definition) is 1. The number of hydrogen-bond acceptors (Lipinski definition) is 6. The standard InChI is InChI=1S/C15H24N4O3.ClH/c1-21-8-6-16-9-13(20)19-7-2-3-12(10-19)14-17-15(22-18-14)11-4-5-11;/h11-12,16H,2-10H2,1H3;1H. The lowest BCUT2D eigenvalue weighted by Crippen LogP contribution is -2.44. The van der Waals surface area contributed by atoms with E-state index in [1.54, 1.807) is 7.11 Å². The number of aromatic nitrogens is 2. The molecule has 1 aromatic rings. The topological polar surface area (TPSA) is 80.5 Å². The van der Waals surface area contributed by atoms with E-state index in [-0.39, 0.29) is 24.2 Å². The first-order valence-corrected chi connectivity index (χ1v) is 8.09. The highest BCUT2D eigenvalue weighted by Gasteiger charge is 2.32. The van der Waals surface area contributed by atoms with Gasteiger partial charge in [-0.05, 0) is 25.7 Å². The van der Waals surface area contributed by atoms with Crippen LogP contribution >= 0.6 is 12.4 Å². The Hall–Kier alpha value is -1.18. The van der Waals surface area contributed by atoms with Gasteiger partial charge in [0, 0.05) is 38.6 Å². The van der Waals surface area contributed by atoms with Gasteiger partial charge in [0.25, 0.3) is 0 Å². The van der Waals surface area contributed by atoms with Crippen molar-refractivity contribution in [3.8, 4) is 0 Å². The van der Waals surface area contributed by atoms with Crippen molar-refractivity contribution in [2.24, 2.45) is 0 Å². The molecule has 8 heteroatoms. The molecule has 1 amide bonds. The molecule has 0 bridgehead atoms. The van der Waals surface area contributed by atoms with E-state index < -0.39 is 0 Å². The predicted octanol–water partition coefficient (Wildman–Crippen LogP) is 1.31. The lowest BCUT2D eigenvalue weighted by molar-refractivity contribution is -0.131. The third-order valence-corrected chi connectivity index (χ3v) is 4.28. The summed E-state index contributed by atoms with van der Waals surface area (Å²) in [6, 6.07) is 0. The fourth-order valence-corrected chi connectivity index (χ4v) is 2.80. The third-order valence-electron chi connectivity index (χ3n) is 4.28. The van der Waals surface area contributed by atoms with E-state index in [1.807, 2.05) is 4.90 Å². The quantitative estimate of drug-likeness (QED) is 0.751. The molecule has 1 unspecified atom stereocenters. The first-order chi connectivity index (χ1) is 10.8. The first-order valence-electron chi connectivity index (χ1n) is 8.09. The summed E-state index contributed by atoms with van der Waals surface area (Å²) < 4.78 is 10.3. The summed E-state index contributed by atoms with van der Waals surface area (Å²) >= 11 is 0. The summed E-state index contributed by atoms with van der Waals surface area (Å²) in [4.78, 5) is 18.7. The molecule has 2 fully saturated rings. The molecule has 2 aliphatic rings. The monoisotopic (exact) mass is 344 g/mol. The normalized spacial score (nSPS) is 21.1. The second-order valence-corrected chi connectivity index (χ2v) is 6.11. The molecule has 7 nitrogen and oxygen atoms in total. The molecule has 1 aliphatic carbocycles. The van der Waals surface area contributed by atoms with Gasteiger partial charge in [-0.15, -0.1) is 12.4 Å². The van der Waals surface area contributed by atoms with Gasteiger partial charge in [-0.2, -0.15) is 4.98 Å². The van der Waals surface area contributed by atoms with E-state index >= 15 is 0 Å². The third kappa shape index (κ3) is 4.89. The minimum absolute atomic E-state index is 0. The van der Waals surface area contributed by atoms with Crippen molar-refractivity contribution >= 4 is 18.3 Å². The number of piperidine rings is 1. The number of amides is 1. The Labute approximate surface area is 142 Å². The minimum atomic E-state index is 0. The second-order valence-electron chi connectivity index (χ2n) is 6.11. The molecule has 130 valence electrons. The van der Waals surface area contributed by atoms with Gasteiger partial charge < -0.3 is 19.5 Å². The van der Waals surface area contributed by atoms with Crippen LogP contribution in [0.15, 0.2) is 4.52 Å². The Bertz CT molecular complexity index is 507. The van der Waals surface area contributed by atoms with Crippen LogP contribution in [0.5, 0.6) is 0 Å². The Morgan fingerprint density at radius 1 is 1.39 bits per heavy atom. The Balaban J connectivity index is 0.00000192. The minimum Gasteiger partial charge on any atom is -0.383 e. The van der Waals surface area contributed by atoms with Crippen LogP contribution < -0.4 is 5.32 Å². The lowest BCUT2D eigenvalue weighted by atomic mass is 9.97. The average Bonchev–Trinajstić information content (AvgIpc) is 3.28. The van der Waals surface area contributed by atoms with Crippen LogP contribution in [-0.4, -0.2) is 60.8 Å². The van der Waals surface area contributed by atoms with E-state index in [0.717, 1.165) is 43.9 Å². The van der Waals surface area contributed by atoms with Crippen molar-refractivity contribution in [2.45, 2.75) is 37.5 Å². The maximum atomic E-state index is 12.2. The van der Waals surface area contributed by atoms with E-state index in [4.69, 9.17) is 9.26 Å². The van der Waals surface area contributed by atoms with Gasteiger partial charge in [0.1, 0.15) is 0 Å². The Morgan fingerprint density at radius 2 is 2.22 bits per heavy atom. The van der Waals surface area contributed by atoms with Gasteiger partial charge in [-0.1, -0.05) is 5.16 Å². The summed E-state index contributed by atoms with van der Waals surface area (Å²) in [6.45, 7) is 3.16. The van der Waals surface area contributed by atoms with Crippen LogP contribution in [0.25, 0.3) is 0 Å². The van der Waals surface area contributed by atoms with Crippen molar-refractivity contribution in [2.75, 3.05) is 39.9 Å². The molecule has 1 aromatic heterocycles. The van der Waals surface area contributed by atoms with Crippen molar-refractivity contribution in [1.29, 1.82) is 0 Å². The molecular formula is C15H25ClN4O3. The van der Waals surface area contributed by atoms with Gasteiger partial charge in [0.2, 0.25) is 11.8 Å². The number of carbonyl (C=O) groups is 1. The van der Waals surface area contributed by atoms with Crippen LogP contribution in [0.4, 0.5) is 0 Å². The zero-order valence-corrected chi connectivity index (χ0v) is 14.3. The summed E-state index contributed by atoms with van der Waals surface area (Å²) in [6.07, 6.45) is 4.32. The predicted molar refractivity (Wildman–Crippen MR) is 86.8 cm³/mol. The van der Waals surface area contributed by atoms with Crippen LogP contribution in [0, 0.1) is 0 Å². The zero-order valence-electron chi connectivity index (χ0n) is 13.5. The molecule has 1 aliphatic heterocycles. The van der Waals surface area contributed by atoms with Gasteiger partial charge in [-0.3, -0.25) is 4.79 Å². The summed E-state index contributed by atoms with van der Waals surface area (Å²) in [5, 5.41) is 7.22. The highest BCUT2D eigenvalue weighted by molar-refractivity contribution is 5.85. The van der Waals surface area contributed by atoms with Crippen LogP contribution in [-0.2, 0) is 9.53 Å². The molecule has 1 saturated heterocycles. The number of rotatable bonds is 7. The van der Waals surface area contributed by atoms with E-state index in [0.29, 0.717) is 32.2 Å². The van der Waals surface area contributed by atoms with Crippen molar-refractivity contribution in [3.05, 3.63) is 11.7 Å². The maximum absolute atomic E-state index is 12.2. The number of carbonyl (C=O) groups excluding carboxylic acids is 1. The summed E-state index contributed by atoms with van der Waals surface area (Å²) in [5.74, 6) is 2.36. The van der Waals surface area contributed by atoms with E-state index in [2.05, 4.69) is 15.5 Å². The first kappa shape index (κ1) is 18.2. The molecule has 1 N–H and O–H groups in total. The highest BCUT2D eigenvalue weighted by atomic mass is 35.5. The fraction of sp³-hybridized carbons (Fsp3) is 0.800. The number of methoxy groups -OCH3 is 1. The molecule has 0 spiro atoms. The molecule has 1 atom stereocenters. The SMILES string of the molecule is COCCNCC(=O)N1CCCC(c2noc(C3CC3)n2)C1.Cl. The number of likely N-dealkylation sites (tertiary alicyclic amines) is 1. The average molecular weight is 345 g/mol. The number of nitrogens with one attached hydrogen (secondary N) is 1. The zero-order chi connectivity index (χ0) is 15.4. The van der Waals surface area contributed by atoms with Crippen LogP contribution in [0.3, 0.4) is 0 Å². The smallest absolute Gasteiger partial charge is 0.236 e. The molecular weight excluding hydrogens is 320 g/mol. The van der Waals surface area contributed by atoms with Crippen LogP contribution in [0.2, 0.25) is 0 Å². The molecule has 23 heavy (non-hydrogen) atoms. The van der Waals surface area contributed by atoms with Gasteiger partial charge in [0.15, 0.2) is 5.82 Å². The molecule has 3 rings (SSSR count). The van der Waals surface area contributed by atoms with E-state index in [9.17, 15) is 4.79 Å². The van der Waals surface area contributed by atoms with Gasteiger partial charge in [0.05, 0.1) is 13.2 Å². The van der Waals surface area contributed by atoms with Gasteiger partial charge >= 0.3 is 0 Å². The van der Waals surface area contributed by atoms with Crippen molar-refractivity contribution in [3.63, 3.8) is 0 Å². The highest BCUT2D eigenvalue weighted by Crippen LogP contribution is 2.39. The van der Waals surface area contributed by atoms with Crippen molar-refractivity contribution in [1.82, 2.24) is 20.4 Å². The van der Waals surface area contributed by atoms with Crippen molar-refractivity contribution < 1.29 is 14.1 Å². The molecule has 0 aromatic carbocycles. The van der Waals surface area contributed by atoms with Gasteiger partial charge in [-0.25, -0.2) is 0 Å². The maximum Gasteiger partial charge on any atom is 0.236 e. The fourth-order valence-electron chi connectivity index (χ4n) is 2.80. The number of ether oxygens (including phenoxy) is 1. The Morgan fingerprint density at radius 3 is 2.96 bits per heavy atom. The molecule has 2 heterocycles.